The van der Waals surface area contributed by atoms with Gasteiger partial charge < -0.3 is 19.7 Å². The molecule has 0 saturated carbocycles. The molecule has 0 atom stereocenters. The van der Waals surface area contributed by atoms with Crippen LogP contribution < -0.4 is 10.1 Å². The van der Waals surface area contributed by atoms with Crippen molar-refractivity contribution in [2.45, 2.75) is 26.3 Å². The quantitative estimate of drug-likeness (QED) is 0.475. The van der Waals surface area contributed by atoms with Gasteiger partial charge in [-0.25, -0.2) is 19.9 Å². The first-order chi connectivity index (χ1) is 17.2. The number of rotatable bonds is 9. The number of likely N-dealkylation sites (N-methyl/N-ethyl adjacent to an activating group) is 1. The van der Waals surface area contributed by atoms with Crippen LogP contribution >= 0.6 is 11.3 Å². The van der Waals surface area contributed by atoms with Crippen LogP contribution in [0.5, 0.6) is 6.01 Å². The summed E-state index contributed by atoms with van der Waals surface area (Å²) in [5, 5.41) is 3.91. The zero-order valence-electron chi connectivity index (χ0n) is 20.1. The Balaban J connectivity index is 1.14. The van der Waals surface area contributed by atoms with E-state index in [0.717, 1.165) is 81.5 Å². The highest BCUT2D eigenvalue weighted by molar-refractivity contribution is 7.18. The molecule has 2 aliphatic rings. The molecular formula is C24H32N8O2S. The zero-order chi connectivity index (χ0) is 23.9. The van der Waals surface area contributed by atoms with E-state index < -0.39 is 0 Å². The van der Waals surface area contributed by atoms with E-state index in [-0.39, 0.29) is 0 Å². The molecule has 0 aliphatic carbocycles. The van der Waals surface area contributed by atoms with Gasteiger partial charge in [0.25, 0.3) is 0 Å². The van der Waals surface area contributed by atoms with E-state index in [1.165, 1.54) is 11.3 Å². The van der Waals surface area contributed by atoms with Crippen molar-refractivity contribution in [3.05, 3.63) is 36.4 Å². The summed E-state index contributed by atoms with van der Waals surface area (Å²) in [5.74, 6) is 1.03. The van der Waals surface area contributed by atoms with Crippen LogP contribution in [0, 0.1) is 5.92 Å². The molecule has 0 spiro atoms. The third-order valence-electron chi connectivity index (χ3n) is 6.42. The van der Waals surface area contributed by atoms with Crippen molar-refractivity contribution >= 4 is 22.4 Å². The second-order valence-corrected chi connectivity index (χ2v) is 9.90. The number of hydrogen-bond acceptors (Lipinski definition) is 11. The second-order valence-electron chi connectivity index (χ2n) is 8.87. The van der Waals surface area contributed by atoms with E-state index in [9.17, 15) is 0 Å². The summed E-state index contributed by atoms with van der Waals surface area (Å²) in [6, 6.07) is 2.26. The number of nitrogens with zero attached hydrogens (tertiary/aromatic N) is 7. The molecule has 0 amide bonds. The maximum Gasteiger partial charge on any atom is 0.316 e. The highest BCUT2D eigenvalue weighted by Crippen LogP contribution is 2.29. The van der Waals surface area contributed by atoms with Gasteiger partial charge in [0.1, 0.15) is 0 Å². The van der Waals surface area contributed by atoms with Crippen LogP contribution in [-0.4, -0.2) is 87.3 Å². The summed E-state index contributed by atoms with van der Waals surface area (Å²) in [7, 11) is 0. The van der Waals surface area contributed by atoms with Gasteiger partial charge in [0, 0.05) is 76.3 Å². The molecule has 2 aliphatic heterocycles. The maximum atomic E-state index is 5.85. The summed E-state index contributed by atoms with van der Waals surface area (Å²) >= 11 is 1.49. The predicted molar refractivity (Wildman–Crippen MR) is 135 cm³/mol. The standard InChI is InChI=1S/C24H32N8O2S/c1-2-31-7-9-32(10-8-31)16-19-13-26-22(27-14-19)30-24-28-15-21(35-24)20-3-6-25-23(29-20)34-17-18-4-11-33-12-5-18/h3,6,13-15,18H,2,4-5,7-12,16-17H2,1H3,(H,26,27,28,30). The molecule has 5 heterocycles. The van der Waals surface area contributed by atoms with Crippen molar-refractivity contribution in [3.63, 3.8) is 0 Å². The molecule has 186 valence electrons. The number of ether oxygens (including phenoxy) is 2. The van der Waals surface area contributed by atoms with Crippen LogP contribution in [0.4, 0.5) is 11.1 Å². The third kappa shape index (κ3) is 6.69. The highest BCUT2D eigenvalue weighted by atomic mass is 32.1. The smallest absolute Gasteiger partial charge is 0.316 e. The summed E-state index contributed by atoms with van der Waals surface area (Å²) in [6.45, 7) is 10.9. The van der Waals surface area contributed by atoms with Crippen molar-refractivity contribution in [2.75, 3.05) is 57.9 Å². The van der Waals surface area contributed by atoms with E-state index in [1.807, 2.05) is 18.5 Å². The van der Waals surface area contributed by atoms with Gasteiger partial charge in [0.15, 0.2) is 5.13 Å². The Bertz CT molecular complexity index is 1070. The van der Waals surface area contributed by atoms with Gasteiger partial charge in [-0.15, -0.1) is 0 Å². The number of anilines is 2. The summed E-state index contributed by atoms with van der Waals surface area (Å²) in [5.41, 5.74) is 1.90. The molecule has 2 saturated heterocycles. The minimum atomic E-state index is 0.395. The summed E-state index contributed by atoms with van der Waals surface area (Å²) in [4.78, 5) is 28.1. The molecule has 3 aromatic rings. The van der Waals surface area contributed by atoms with Gasteiger partial charge in [0.2, 0.25) is 5.95 Å². The summed E-state index contributed by atoms with van der Waals surface area (Å²) < 4.78 is 11.3. The molecule has 0 bridgehead atoms. The fourth-order valence-corrected chi connectivity index (χ4v) is 5.00. The van der Waals surface area contributed by atoms with Crippen LogP contribution in [0.15, 0.2) is 30.9 Å². The van der Waals surface area contributed by atoms with Crippen molar-refractivity contribution in [2.24, 2.45) is 5.92 Å². The SMILES string of the molecule is CCN1CCN(Cc2cnc(Nc3ncc(-c4ccnc(OCC5CCOCC5)n4)s3)nc2)CC1. The van der Waals surface area contributed by atoms with Crippen molar-refractivity contribution < 1.29 is 9.47 Å². The largest absolute Gasteiger partial charge is 0.463 e. The molecule has 3 aromatic heterocycles. The van der Waals surface area contributed by atoms with Crippen molar-refractivity contribution in [3.8, 4) is 16.6 Å². The lowest BCUT2D eigenvalue weighted by atomic mass is 10.0. The summed E-state index contributed by atoms with van der Waals surface area (Å²) in [6.07, 6.45) is 9.33. The Morgan fingerprint density at radius 1 is 1.03 bits per heavy atom. The normalized spacial score (nSPS) is 18.0. The molecule has 10 nitrogen and oxygen atoms in total. The molecule has 2 fully saturated rings. The average Bonchev–Trinajstić information content (AvgIpc) is 3.38. The number of aromatic nitrogens is 5. The minimum Gasteiger partial charge on any atom is -0.463 e. The van der Waals surface area contributed by atoms with Crippen LogP contribution in [0.25, 0.3) is 10.6 Å². The first-order valence-electron chi connectivity index (χ1n) is 12.3. The topological polar surface area (TPSA) is 101 Å². The van der Waals surface area contributed by atoms with E-state index in [0.29, 0.717) is 29.6 Å². The van der Waals surface area contributed by atoms with Gasteiger partial charge in [-0.2, -0.15) is 4.98 Å². The molecule has 11 heteroatoms. The first-order valence-corrected chi connectivity index (χ1v) is 13.1. The second kappa shape index (κ2) is 11.8. The molecule has 1 N–H and O–H groups in total. The van der Waals surface area contributed by atoms with E-state index in [4.69, 9.17) is 9.47 Å². The van der Waals surface area contributed by atoms with E-state index in [2.05, 4.69) is 47.0 Å². The number of nitrogens with one attached hydrogen (secondary N) is 1. The highest BCUT2D eigenvalue weighted by Gasteiger charge is 2.17. The van der Waals surface area contributed by atoms with Gasteiger partial charge >= 0.3 is 6.01 Å². The van der Waals surface area contributed by atoms with Crippen LogP contribution in [-0.2, 0) is 11.3 Å². The van der Waals surface area contributed by atoms with Crippen molar-refractivity contribution in [1.29, 1.82) is 0 Å². The molecule has 5 rings (SSSR count). The first kappa shape index (κ1) is 24.0. The molecule has 0 unspecified atom stereocenters. The van der Waals surface area contributed by atoms with Crippen LogP contribution in [0.2, 0.25) is 0 Å². The van der Waals surface area contributed by atoms with E-state index in [1.54, 1.807) is 12.4 Å². The molecule has 35 heavy (non-hydrogen) atoms. The average molecular weight is 497 g/mol. The Kier molecular flexibility index (Phi) is 8.09. The third-order valence-corrected chi connectivity index (χ3v) is 7.36. The van der Waals surface area contributed by atoms with Gasteiger partial charge in [0.05, 0.1) is 17.2 Å². The number of thiazole rings is 1. The van der Waals surface area contributed by atoms with Crippen LogP contribution in [0.1, 0.15) is 25.3 Å². The maximum absolute atomic E-state index is 5.85. The fourth-order valence-electron chi connectivity index (χ4n) is 4.22. The molecular weight excluding hydrogens is 464 g/mol. The number of hydrogen-bond donors (Lipinski definition) is 1. The predicted octanol–water partition coefficient (Wildman–Crippen LogP) is 3.08. The van der Waals surface area contributed by atoms with Crippen molar-refractivity contribution in [1.82, 2.24) is 34.7 Å². The fraction of sp³-hybridized carbons (Fsp3) is 0.542. The molecule has 0 radical (unpaired) electrons. The molecule has 0 aromatic carbocycles. The Morgan fingerprint density at radius 2 is 1.80 bits per heavy atom. The number of piperazine rings is 1. The van der Waals surface area contributed by atoms with E-state index >= 15 is 0 Å². The van der Waals surface area contributed by atoms with Gasteiger partial charge in [-0.1, -0.05) is 18.3 Å². The monoisotopic (exact) mass is 496 g/mol. The Hall–Kier alpha value is -2.73. The lowest BCUT2D eigenvalue weighted by Crippen LogP contribution is -2.45. The zero-order valence-corrected chi connectivity index (χ0v) is 20.9. The lowest BCUT2D eigenvalue weighted by molar-refractivity contribution is 0.0482. The van der Waals surface area contributed by atoms with Crippen LogP contribution in [0.3, 0.4) is 0 Å². The minimum absolute atomic E-state index is 0.395. The Labute approximate surface area is 209 Å². The lowest BCUT2D eigenvalue weighted by Gasteiger charge is -2.33. The van der Waals surface area contributed by atoms with Gasteiger partial charge in [-0.3, -0.25) is 4.90 Å². The van der Waals surface area contributed by atoms with Gasteiger partial charge in [-0.05, 0) is 31.4 Å². The Morgan fingerprint density at radius 3 is 2.57 bits per heavy atom.